The first kappa shape index (κ1) is 35.0. The van der Waals surface area contributed by atoms with Crippen LogP contribution in [0.5, 0.6) is 0 Å². The van der Waals surface area contributed by atoms with Crippen LogP contribution in [-0.4, -0.2) is 79.3 Å². The molecule has 0 fully saturated rings. The van der Waals surface area contributed by atoms with Gasteiger partial charge in [0, 0.05) is 18.3 Å². The highest BCUT2D eigenvalue weighted by Crippen LogP contribution is 2.20. The quantitative estimate of drug-likeness (QED) is 0.252. The van der Waals surface area contributed by atoms with Crippen molar-refractivity contribution >= 4 is 5.97 Å². The van der Waals surface area contributed by atoms with E-state index in [1.54, 1.807) is 45.1 Å². The van der Waals surface area contributed by atoms with Gasteiger partial charge in [-0.3, -0.25) is 4.79 Å². The van der Waals surface area contributed by atoms with E-state index in [9.17, 15) is 35.4 Å². The smallest absolute Gasteiger partial charge is 0.311 e. The monoisotopic (exact) mass is 550 g/mol. The predicted octanol–water partition coefficient (Wildman–Crippen LogP) is 3.13. The summed E-state index contributed by atoms with van der Waals surface area (Å²) in [6.07, 6.45) is 13.2. The van der Waals surface area contributed by atoms with Crippen LogP contribution < -0.4 is 0 Å². The molecule has 0 unspecified atom stereocenters. The highest BCUT2D eigenvalue weighted by Gasteiger charge is 2.28. The van der Waals surface area contributed by atoms with Gasteiger partial charge in [-0.1, -0.05) is 74.6 Å². The van der Waals surface area contributed by atoms with Gasteiger partial charge in [0.25, 0.3) is 0 Å². The van der Waals surface area contributed by atoms with Crippen molar-refractivity contribution < 1.29 is 40.2 Å². The fourth-order valence-corrected chi connectivity index (χ4v) is 4.13. The molecular formula is C31H50O8. The highest BCUT2D eigenvalue weighted by molar-refractivity contribution is 5.72. The van der Waals surface area contributed by atoms with Gasteiger partial charge in [0.15, 0.2) is 0 Å². The van der Waals surface area contributed by atoms with Crippen LogP contribution in [0.3, 0.4) is 0 Å². The molecule has 0 aromatic heterocycles. The van der Waals surface area contributed by atoms with Gasteiger partial charge < -0.3 is 35.4 Å². The molecule has 8 nitrogen and oxygen atoms in total. The zero-order valence-corrected chi connectivity index (χ0v) is 23.8. The van der Waals surface area contributed by atoms with Crippen molar-refractivity contribution in [3.63, 3.8) is 0 Å². The zero-order valence-electron chi connectivity index (χ0n) is 23.8. The molecule has 0 spiro atoms. The van der Waals surface area contributed by atoms with E-state index in [1.165, 1.54) is 0 Å². The van der Waals surface area contributed by atoms with Crippen molar-refractivity contribution in [3.8, 4) is 0 Å². The zero-order chi connectivity index (χ0) is 29.4. The van der Waals surface area contributed by atoms with Crippen LogP contribution >= 0.6 is 0 Å². The minimum atomic E-state index is -1.07. The Balaban J connectivity index is 2.89. The maximum absolute atomic E-state index is 12.5. The van der Waals surface area contributed by atoms with E-state index in [0.29, 0.717) is 19.3 Å². The third-order valence-corrected chi connectivity index (χ3v) is 7.28. The van der Waals surface area contributed by atoms with Crippen LogP contribution in [-0.2, 0) is 9.53 Å². The molecule has 0 amide bonds. The van der Waals surface area contributed by atoms with Gasteiger partial charge in [-0.25, -0.2) is 0 Å². The molecular weight excluding hydrogens is 500 g/mol. The van der Waals surface area contributed by atoms with E-state index in [0.717, 1.165) is 0 Å². The number of ether oxygens (including phenoxy) is 1. The van der Waals surface area contributed by atoms with E-state index in [-0.39, 0.29) is 25.2 Å². The summed E-state index contributed by atoms with van der Waals surface area (Å²) in [5.41, 5.74) is 0. The Morgan fingerprint density at radius 1 is 0.641 bits per heavy atom. The van der Waals surface area contributed by atoms with Gasteiger partial charge in [-0.15, -0.1) is 0 Å². The molecule has 8 heteroatoms. The van der Waals surface area contributed by atoms with E-state index < -0.39 is 60.5 Å². The number of allylic oxidation sites excluding steroid dienone is 8. The summed E-state index contributed by atoms with van der Waals surface area (Å²) in [4.78, 5) is 12.5. The lowest BCUT2D eigenvalue weighted by Crippen LogP contribution is -2.33. The second-order valence-electron chi connectivity index (χ2n) is 10.8. The minimum absolute atomic E-state index is 0.00712. The first-order valence-electron chi connectivity index (χ1n) is 14.1. The van der Waals surface area contributed by atoms with E-state index in [4.69, 9.17) is 4.74 Å². The minimum Gasteiger partial charge on any atom is -0.462 e. The third-order valence-electron chi connectivity index (χ3n) is 7.28. The molecule has 1 heterocycles. The topological polar surface area (TPSA) is 148 Å². The fraction of sp³-hybridized carbons (Fsp3) is 0.645. The standard InChI is InChI=1S/C31H50O8/c1-21-14-11-9-7-5-6-8-10-12-17-28(35)22(2)29(36)20-27(34)18-25(32)15-13-16-26(33)19-30(37)23(3)31(38)39-24(21)4/h5-12,14,17,21-30,32-37H,13,15-16,18-20H2,1-4H3/b6-5-,9-7-,10-8-,14-11-,17-12-/t21-,22+,23+,24+,25+,26-,27+,28+,29-,30+/m0/s1. The van der Waals surface area contributed by atoms with Crippen LogP contribution in [0.1, 0.15) is 66.2 Å². The second-order valence-corrected chi connectivity index (χ2v) is 10.8. The van der Waals surface area contributed by atoms with Crippen molar-refractivity contribution in [2.24, 2.45) is 17.8 Å². The van der Waals surface area contributed by atoms with Gasteiger partial charge in [-0.2, -0.15) is 0 Å². The summed E-state index contributed by atoms with van der Waals surface area (Å²) in [5.74, 6) is -1.88. The number of cyclic esters (lactones) is 1. The SMILES string of the molecule is C[C@@H]1[C@H](O)\C=C/C=C\C=C/C=C\C=C/[C@H](C)[C@@H](C)OC(=O)[C@H](C)[C@H](O)C[C@@H](O)CCC[C@@H](O)C[C@@H](O)C[C@@H]1O. The maximum Gasteiger partial charge on any atom is 0.311 e. The molecule has 0 aromatic carbocycles. The van der Waals surface area contributed by atoms with Gasteiger partial charge in [0.1, 0.15) is 6.10 Å². The molecule has 0 saturated carbocycles. The average Bonchev–Trinajstić information content (AvgIpc) is 2.87. The molecule has 0 bridgehead atoms. The molecule has 222 valence electrons. The summed E-state index contributed by atoms with van der Waals surface area (Å²) in [6.45, 7) is 6.99. The fourth-order valence-electron chi connectivity index (χ4n) is 4.13. The average molecular weight is 551 g/mol. The summed E-state index contributed by atoms with van der Waals surface area (Å²) in [7, 11) is 0. The Morgan fingerprint density at radius 3 is 1.72 bits per heavy atom. The van der Waals surface area contributed by atoms with Crippen molar-refractivity contribution in [2.75, 3.05) is 0 Å². The second kappa shape index (κ2) is 19.1. The first-order chi connectivity index (χ1) is 18.4. The number of hydrogen-bond acceptors (Lipinski definition) is 8. The Kier molecular flexibility index (Phi) is 17.1. The number of rotatable bonds is 0. The lowest BCUT2D eigenvalue weighted by Gasteiger charge is -2.25. The molecule has 0 aromatic rings. The first-order valence-corrected chi connectivity index (χ1v) is 14.1. The van der Waals surface area contributed by atoms with Gasteiger partial charge in [0.2, 0.25) is 0 Å². The lowest BCUT2D eigenvalue weighted by atomic mass is 9.91. The van der Waals surface area contributed by atoms with Crippen molar-refractivity contribution in [2.45, 2.75) is 109 Å². The normalized spacial score (nSPS) is 41.7. The van der Waals surface area contributed by atoms with Crippen LogP contribution in [0.2, 0.25) is 0 Å². The Hall–Kier alpha value is -2.07. The molecule has 0 aliphatic carbocycles. The van der Waals surface area contributed by atoms with Crippen molar-refractivity contribution in [3.05, 3.63) is 60.8 Å². The number of esters is 1. The summed E-state index contributed by atoms with van der Waals surface area (Å²) in [5, 5.41) is 62.1. The molecule has 0 radical (unpaired) electrons. The van der Waals surface area contributed by atoms with E-state index in [1.807, 2.05) is 43.4 Å². The van der Waals surface area contributed by atoms with Gasteiger partial charge >= 0.3 is 5.97 Å². The third kappa shape index (κ3) is 14.8. The van der Waals surface area contributed by atoms with Crippen molar-refractivity contribution in [1.29, 1.82) is 0 Å². The maximum atomic E-state index is 12.5. The van der Waals surface area contributed by atoms with Gasteiger partial charge in [0.05, 0.1) is 42.5 Å². The molecule has 1 rings (SSSR count). The van der Waals surface area contributed by atoms with Crippen molar-refractivity contribution in [1.82, 2.24) is 0 Å². The Bertz CT molecular complexity index is 832. The molecule has 10 atom stereocenters. The molecule has 39 heavy (non-hydrogen) atoms. The number of aliphatic hydroxyl groups excluding tert-OH is 6. The summed E-state index contributed by atoms with van der Waals surface area (Å²) < 4.78 is 5.53. The van der Waals surface area contributed by atoms with E-state index >= 15 is 0 Å². The van der Waals surface area contributed by atoms with Crippen LogP contribution in [0.15, 0.2) is 60.8 Å². The summed E-state index contributed by atoms with van der Waals surface area (Å²) >= 11 is 0. The molecule has 6 N–H and O–H groups in total. The van der Waals surface area contributed by atoms with Crippen LogP contribution in [0.4, 0.5) is 0 Å². The number of hydrogen-bond donors (Lipinski definition) is 6. The Morgan fingerprint density at radius 2 is 1.13 bits per heavy atom. The predicted molar refractivity (Wildman–Crippen MR) is 152 cm³/mol. The number of carbonyl (C=O) groups excluding carboxylic acids is 1. The number of aliphatic hydroxyl groups is 6. The van der Waals surface area contributed by atoms with Crippen LogP contribution in [0.25, 0.3) is 0 Å². The van der Waals surface area contributed by atoms with Gasteiger partial charge in [-0.05, 0) is 46.0 Å². The Labute approximate surface area is 233 Å². The number of carbonyl (C=O) groups is 1. The molecule has 0 saturated heterocycles. The highest BCUT2D eigenvalue weighted by atomic mass is 16.5. The molecule has 1 aliphatic heterocycles. The lowest BCUT2D eigenvalue weighted by molar-refractivity contribution is -0.158. The van der Waals surface area contributed by atoms with E-state index in [2.05, 4.69) is 0 Å². The summed E-state index contributed by atoms with van der Waals surface area (Å²) in [6, 6.07) is 0. The molecule has 1 aliphatic rings. The largest absolute Gasteiger partial charge is 0.462 e. The van der Waals surface area contributed by atoms with Crippen LogP contribution in [0, 0.1) is 17.8 Å².